The van der Waals surface area contributed by atoms with Crippen molar-refractivity contribution in [3.05, 3.63) is 27.3 Å². The summed E-state index contributed by atoms with van der Waals surface area (Å²) >= 11 is 2.18. The van der Waals surface area contributed by atoms with E-state index in [2.05, 4.69) is 61.8 Å². The predicted octanol–water partition coefficient (Wildman–Crippen LogP) is 7.30. The second-order valence-electron chi connectivity index (χ2n) is 15.4. The summed E-state index contributed by atoms with van der Waals surface area (Å²) in [6.07, 6.45) is -6.70. The summed E-state index contributed by atoms with van der Waals surface area (Å²) in [5.41, 5.74) is 0.723. The number of rotatable bonds is 6. The van der Waals surface area contributed by atoms with E-state index in [1.54, 1.807) is 27.7 Å². The molecular formula is C35H54F3IN2O7Si. The standard InChI is InChI=1S/C35H54F3IN2O7Si/c1-20(2)28-18-29(47-33(45)35(36,37)38)22(4)14-21(3)15-23(5)31(43)40-19-30(42)41(9)26(32(44)46-28)17-24-12-13-27(25(39)16-24)48-49(10,11)34(6,7)8/h12-13,16,20-23,26,28-29H,14-15,17-19H2,1-11H3,(H,40,43)/t21-,22+,23-,26+,28-,29-/m0/s1. The summed E-state index contributed by atoms with van der Waals surface area (Å²) in [7, 11) is -0.685. The number of ether oxygens (including phenoxy) is 2. The molecule has 0 bridgehead atoms. The molecule has 1 fully saturated rings. The van der Waals surface area contributed by atoms with Gasteiger partial charge in [-0.2, -0.15) is 13.2 Å². The Morgan fingerprint density at radius 3 is 2.22 bits per heavy atom. The number of cyclic esters (lactones) is 1. The van der Waals surface area contributed by atoms with Crippen molar-refractivity contribution in [3.63, 3.8) is 0 Å². The highest BCUT2D eigenvalue weighted by Gasteiger charge is 2.44. The topological polar surface area (TPSA) is 111 Å². The molecule has 1 heterocycles. The molecule has 0 aliphatic carbocycles. The molecule has 0 unspecified atom stereocenters. The van der Waals surface area contributed by atoms with Crippen LogP contribution in [0.3, 0.4) is 0 Å². The fourth-order valence-corrected chi connectivity index (χ4v) is 7.46. The number of nitrogens with one attached hydrogen (secondary N) is 1. The Kier molecular flexibility index (Phi) is 15.1. The van der Waals surface area contributed by atoms with Gasteiger partial charge in [-0.3, -0.25) is 9.59 Å². The summed E-state index contributed by atoms with van der Waals surface area (Å²) in [5, 5.41) is 2.64. The largest absolute Gasteiger partial charge is 0.543 e. The van der Waals surface area contributed by atoms with Crippen LogP contribution in [0.5, 0.6) is 5.75 Å². The quantitative estimate of drug-likeness (QED) is 0.182. The Morgan fingerprint density at radius 1 is 1.08 bits per heavy atom. The lowest BCUT2D eigenvalue weighted by atomic mass is 9.84. The Balaban J connectivity index is 2.52. The Hall–Kier alpha value is -2.36. The van der Waals surface area contributed by atoms with Crippen LogP contribution in [0.15, 0.2) is 18.2 Å². The second kappa shape index (κ2) is 17.2. The van der Waals surface area contributed by atoms with Gasteiger partial charge in [0.25, 0.3) is 8.32 Å². The van der Waals surface area contributed by atoms with Crippen molar-refractivity contribution in [3.8, 4) is 5.75 Å². The first-order valence-corrected chi connectivity index (χ1v) is 20.8. The molecule has 1 aromatic carbocycles. The molecule has 1 aromatic rings. The zero-order chi connectivity index (χ0) is 37.6. The summed E-state index contributed by atoms with van der Waals surface area (Å²) in [5.74, 6) is -4.75. The van der Waals surface area contributed by atoms with Crippen molar-refractivity contribution in [1.29, 1.82) is 0 Å². The second-order valence-corrected chi connectivity index (χ2v) is 21.3. The van der Waals surface area contributed by atoms with E-state index in [1.165, 1.54) is 11.9 Å². The number of halogens is 4. The average molecular weight is 827 g/mol. The molecule has 278 valence electrons. The van der Waals surface area contributed by atoms with Crippen LogP contribution in [0.25, 0.3) is 0 Å². The van der Waals surface area contributed by atoms with E-state index < -0.39 is 62.4 Å². The van der Waals surface area contributed by atoms with Gasteiger partial charge >= 0.3 is 18.1 Å². The van der Waals surface area contributed by atoms with E-state index in [1.807, 2.05) is 25.1 Å². The Bertz CT molecular complexity index is 1340. The first-order chi connectivity index (χ1) is 22.3. The van der Waals surface area contributed by atoms with Crippen LogP contribution >= 0.6 is 22.6 Å². The number of likely N-dealkylation sites (N-methyl/N-ethyl adjacent to an activating group) is 1. The van der Waals surface area contributed by atoms with E-state index in [0.717, 1.165) is 14.9 Å². The van der Waals surface area contributed by atoms with E-state index >= 15 is 0 Å². The first kappa shape index (κ1) is 42.8. The molecule has 0 saturated carbocycles. The van der Waals surface area contributed by atoms with Gasteiger partial charge in [0.1, 0.15) is 24.0 Å². The fraction of sp³-hybridized carbons (Fsp3) is 0.714. The molecule has 2 rings (SSSR count). The summed E-state index contributed by atoms with van der Waals surface area (Å²) in [6.45, 7) is 19.2. The van der Waals surface area contributed by atoms with Gasteiger partial charge in [0, 0.05) is 25.8 Å². The number of carbonyl (C=O) groups is 4. The molecule has 9 nitrogen and oxygen atoms in total. The zero-order valence-corrected chi connectivity index (χ0v) is 33.8. The molecule has 1 saturated heterocycles. The number of carbonyl (C=O) groups excluding carboxylic acids is 4. The fourth-order valence-electron chi connectivity index (χ4n) is 5.53. The molecule has 14 heteroatoms. The lowest BCUT2D eigenvalue weighted by molar-refractivity contribution is -0.209. The summed E-state index contributed by atoms with van der Waals surface area (Å²) in [6, 6.07) is 4.43. The molecule has 6 atom stereocenters. The highest BCUT2D eigenvalue weighted by Crippen LogP contribution is 2.39. The van der Waals surface area contributed by atoms with Crippen molar-refractivity contribution >= 4 is 54.7 Å². The van der Waals surface area contributed by atoms with Gasteiger partial charge < -0.3 is 24.1 Å². The molecule has 1 N–H and O–H groups in total. The molecule has 1 aliphatic rings. The molecule has 0 spiro atoms. The average Bonchev–Trinajstić information content (AvgIpc) is 2.96. The van der Waals surface area contributed by atoms with Gasteiger partial charge in [-0.15, -0.1) is 0 Å². The highest BCUT2D eigenvalue weighted by atomic mass is 127. The molecule has 0 radical (unpaired) electrons. The van der Waals surface area contributed by atoms with Gasteiger partial charge in [0.2, 0.25) is 11.8 Å². The van der Waals surface area contributed by atoms with Crippen LogP contribution in [0.2, 0.25) is 18.1 Å². The van der Waals surface area contributed by atoms with Crippen molar-refractivity contribution in [2.45, 2.75) is 124 Å². The molecular weight excluding hydrogens is 772 g/mol. The van der Waals surface area contributed by atoms with Crippen molar-refractivity contribution < 1.29 is 46.2 Å². The van der Waals surface area contributed by atoms with Crippen LogP contribution in [-0.2, 0) is 35.1 Å². The smallest absolute Gasteiger partial charge is 0.490 e. The number of hydrogen-bond acceptors (Lipinski definition) is 7. The van der Waals surface area contributed by atoms with Gasteiger partial charge in [0.05, 0.1) is 10.1 Å². The van der Waals surface area contributed by atoms with Crippen LogP contribution in [0.1, 0.15) is 80.2 Å². The number of esters is 2. The minimum atomic E-state index is -5.20. The lowest BCUT2D eigenvalue weighted by Crippen LogP contribution is -2.50. The van der Waals surface area contributed by atoms with Crippen molar-refractivity contribution in [2.24, 2.45) is 23.7 Å². The van der Waals surface area contributed by atoms with Crippen LogP contribution < -0.4 is 9.74 Å². The maximum absolute atomic E-state index is 14.0. The minimum absolute atomic E-state index is 0.0222. The number of benzene rings is 1. The van der Waals surface area contributed by atoms with Crippen molar-refractivity contribution in [2.75, 3.05) is 13.6 Å². The van der Waals surface area contributed by atoms with Gasteiger partial charge in [-0.05, 0) is 89.0 Å². The monoisotopic (exact) mass is 826 g/mol. The Morgan fingerprint density at radius 2 is 1.69 bits per heavy atom. The maximum atomic E-state index is 14.0. The lowest BCUT2D eigenvalue weighted by Gasteiger charge is -2.36. The third kappa shape index (κ3) is 12.4. The summed E-state index contributed by atoms with van der Waals surface area (Å²) in [4.78, 5) is 53.5. The van der Waals surface area contributed by atoms with Crippen LogP contribution in [-0.4, -0.2) is 75.0 Å². The van der Waals surface area contributed by atoms with E-state index in [0.29, 0.717) is 12.8 Å². The number of hydrogen-bond donors (Lipinski definition) is 1. The zero-order valence-electron chi connectivity index (χ0n) is 30.6. The minimum Gasteiger partial charge on any atom is -0.543 e. The maximum Gasteiger partial charge on any atom is 0.490 e. The van der Waals surface area contributed by atoms with Crippen LogP contribution in [0.4, 0.5) is 13.2 Å². The molecule has 49 heavy (non-hydrogen) atoms. The number of nitrogens with zero attached hydrogens (tertiary/aromatic N) is 1. The third-order valence-corrected chi connectivity index (χ3v) is 14.9. The molecule has 1 aliphatic heterocycles. The van der Waals surface area contributed by atoms with Gasteiger partial charge in [0.15, 0.2) is 0 Å². The van der Waals surface area contributed by atoms with Crippen molar-refractivity contribution in [1.82, 2.24) is 10.2 Å². The van der Waals surface area contributed by atoms with E-state index in [4.69, 9.17) is 13.9 Å². The summed E-state index contributed by atoms with van der Waals surface area (Å²) < 4.78 is 58.3. The van der Waals surface area contributed by atoms with E-state index in [-0.39, 0.29) is 42.2 Å². The normalized spacial score (nSPS) is 25.9. The number of amides is 2. The predicted molar refractivity (Wildman–Crippen MR) is 192 cm³/mol. The molecule has 2 amide bonds. The van der Waals surface area contributed by atoms with E-state index in [9.17, 15) is 32.3 Å². The van der Waals surface area contributed by atoms with Gasteiger partial charge in [-0.1, -0.05) is 61.5 Å². The first-order valence-electron chi connectivity index (χ1n) is 16.8. The molecule has 0 aromatic heterocycles. The third-order valence-electron chi connectivity index (χ3n) is 9.72. The Labute approximate surface area is 304 Å². The van der Waals surface area contributed by atoms with Crippen LogP contribution in [0, 0.1) is 27.2 Å². The SMILES string of the molecule is CC(C)[C@@H]1C[C@H](OC(=O)C(F)(F)F)[C@H](C)C[C@H](C)C[C@H](C)C(=O)NCC(=O)N(C)[C@H](Cc2ccc(O[Si](C)(C)C(C)(C)C)c(I)c2)C(=O)O1. The van der Waals surface area contributed by atoms with Gasteiger partial charge in [-0.25, -0.2) is 9.59 Å². The number of alkyl halides is 3. The highest BCUT2D eigenvalue weighted by molar-refractivity contribution is 14.1.